The molecule has 3 aromatic rings. The third-order valence-corrected chi connectivity index (χ3v) is 6.11. The summed E-state index contributed by atoms with van der Waals surface area (Å²) in [6, 6.07) is 10.7. The smallest absolute Gasteiger partial charge is 0.265 e. The number of fused-ring (bicyclic) bond motifs is 1. The van der Waals surface area contributed by atoms with E-state index in [9.17, 15) is 9.59 Å². The molecule has 4 rings (SSSR count). The quantitative estimate of drug-likeness (QED) is 0.535. The highest BCUT2D eigenvalue weighted by Crippen LogP contribution is 2.36. The number of carbonyl (C=O) groups excluding carboxylic acids is 2. The van der Waals surface area contributed by atoms with E-state index in [2.05, 4.69) is 17.2 Å². The Morgan fingerprint density at radius 3 is 2.82 bits per heavy atom. The van der Waals surface area contributed by atoms with Crippen LogP contribution in [0, 0.1) is 0 Å². The minimum Gasteiger partial charge on any atom is -0.497 e. The average molecular weight is 468 g/mol. The van der Waals surface area contributed by atoms with Crippen molar-refractivity contribution in [2.45, 2.75) is 19.8 Å². The summed E-state index contributed by atoms with van der Waals surface area (Å²) < 4.78 is 16.1. The van der Waals surface area contributed by atoms with Crippen LogP contribution in [0.25, 0.3) is 11.3 Å². The molecule has 2 amide bonds. The Balaban J connectivity index is 1.56. The summed E-state index contributed by atoms with van der Waals surface area (Å²) in [4.78, 5) is 31.6. The first-order valence-corrected chi connectivity index (χ1v) is 11.4. The lowest BCUT2D eigenvalue weighted by Gasteiger charge is -2.29. The molecule has 1 aliphatic heterocycles. The second-order valence-electron chi connectivity index (χ2n) is 7.44. The van der Waals surface area contributed by atoms with Gasteiger partial charge in [-0.3, -0.25) is 14.5 Å². The minimum atomic E-state index is -0.357. The molecule has 0 saturated carbocycles. The summed E-state index contributed by atoms with van der Waals surface area (Å²) in [5, 5.41) is 5.89. The molecule has 2 aromatic carbocycles. The first-order valence-electron chi connectivity index (χ1n) is 10.6. The van der Waals surface area contributed by atoms with Gasteiger partial charge >= 0.3 is 0 Å². The van der Waals surface area contributed by atoms with Crippen LogP contribution < -0.4 is 24.4 Å². The number of nitrogens with zero attached hydrogens (tertiary/aromatic N) is 2. The van der Waals surface area contributed by atoms with Crippen molar-refractivity contribution in [3.63, 3.8) is 0 Å². The number of thiazole rings is 1. The Bertz CT molecular complexity index is 1180. The largest absolute Gasteiger partial charge is 0.497 e. The van der Waals surface area contributed by atoms with Gasteiger partial charge in [-0.15, -0.1) is 11.3 Å². The topological polar surface area (TPSA) is 90.0 Å². The van der Waals surface area contributed by atoms with E-state index in [-0.39, 0.29) is 25.0 Å². The molecule has 0 fully saturated rings. The molecule has 172 valence electrons. The SMILES string of the molecule is CCCc1nc(-c2ccc3c(c2)N(CC(=O)Nc2ccc(OC)cc2OC)C(=O)CO3)cs1. The number of anilines is 2. The lowest BCUT2D eigenvalue weighted by Crippen LogP contribution is -2.43. The van der Waals surface area contributed by atoms with Gasteiger partial charge in [-0.05, 0) is 43.2 Å². The molecule has 0 bridgehead atoms. The van der Waals surface area contributed by atoms with Crippen LogP contribution >= 0.6 is 11.3 Å². The fraction of sp³-hybridized carbons (Fsp3) is 0.292. The molecular weight excluding hydrogens is 442 g/mol. The van der Waals surface area contributed by atoms with Gasteiger partial charge in [0, 0.05) is 17.0 Å². The van der Waals surface area contributed by atoms with Crippen LogP contribution in [-0.4, -0.2) is 44.2 Å². The standard InChI is InChI=1S/C24H25N3O5S/c1-4-5-23-26-18(14-33-23)15-6-9-20-19(10-15)27(24(29)13-32-20)12-22(28)25-17-8-7-16(30-2)11-21(17)31-3/h6-11,14H,4-5,12-13H2,1-3H3,(H,25,28). The maximum Gasteiger partial charge on any atom is 0.265 e. The van der Waals surface area contributed by atoms with Crippen LogP contribution in [0.4, 0.5) is 11.4 Å². The van der Waals surface area contributed by atoms with Crippen molar-refractivity contribution in [2.24, 2.45) is 0 Å². The number of benzene rings is 2. The third-order valence-electron chi connectivity index (χ3n) is 5.20. The van der Waals surface area contributed by atoms with Crippen molar-refractivity contribution < 1.29 is 23.8 Å². The molecule has 1 aliphatic rings. The predicted octanol–water partition coefficient (Wildman–Crippen LogP) is 4.14. The number of nitrogens with one attached hydrogen (secondary N) is 1. The predicted molar refractivity (Wildman–Crippen MR) is 128 cm³/mol. The Labute approximate surface area is 196 Å². The Morgan fingerprint density at radius 1 is 1.21 bits per heavy atom. The zero-order chi connectivity index (χ0) is 23.4. The normalized spacial score (nSPS) is 12.7. The summed E-state index contributed by atoms with van der Waals surface area (Å²) >= 11 is 1.62. The van der Waals surface area contributed by atoms with Crippen molar-refractivity contribution in [2.75, 3.05) is 37.6 Å². The highest BCUT2D eigenvalue weighted by Gasteiger charge is 2.28. The van der Waals surface area contributed by atoms with Crippen molar-refractivity contribution in [3.8, 4) is 28.5 Å². The van der Waals surface area contributed by atoms with Crippen molar-refractivity contribution >= 4 is 34.5 Å². The number of methoxy groups -OCH3 is 2. The molecule has 0 spiro atoms. The number of aryl methyl sites for hydroxylation is 1. The van der Waals surface area contributed by atoms with E-state index < -0.39 is 0 Å². The van der Waals surface area contributed by atoms with Gasteiger partial charge in [0.2, 0.25) is 5.91 Å². The number of amides is 2. The summed E-state index contributed by atoms with van der Waals surface area (Å²) in [5.41, 5.74) is 2.75. The number of hydrogen-bond acceptors (Lipinski definition) is 7. The van der Waals surface area contributed by atoms with E-state index >= 15 is 0 Å². The van der Waals surface area contributed by atoms with Gasteiger partial charge in [-0.25, -0.2) is 4.98 Å². The van der Waals surface area contributed by atoms with E-state index in [0.717, 1.165) is 29.1 Å². The van der Waals surface area contributed by atoms with E-state index in [0.29, 0.717) is 28.6 Å². The Kier molecular flexibility index (Phi) is 6.79. The lowest BCUT2D eigenvalue weighted by atomic mass is 10.1. The van der Waals surface area contributed by atoms with Crippen LogP contribution in [0.1, 0.15) is 18.4 Å². The molecule has 0 unspecified atom stereocenters. The van der Waals surface area contributed by atoms with Crippen LogP contribution in [-0.2, 0) is 16.0 Å². The second-order valence-corrected chi connectivity index (χ2v) is 8.38. The average Bonchev–Trinajstić information content (AvgIpc) is 3.30. The molecule has 0 aliphatic carbocycles. The van der Waals surface area contributed by atoms with Gasteiger partial charge in [0.15, 0.2) is 6.61 Å². The number of rotatable bonds is 8. The summed E-state index contributed by atoms with van der Waals surface area (Å²) in [7, 11) is 3.07. The molecule has 2 heterocycles. The fourth-order valence-electron chi connectivity index (χ4n) is 3.54. The number of hydrogen-bond donors (Lipinski definition) is 1. The summed E-state index contributed by atoms with van der Waals surface area (Å²) in [6.07, 6.45) is 1.96. The number of ether oxygens (including phenoxy) is 3. The Morgan fingerprint density at radius 2 is 2.06 bits per heavy atom. The van der Waals surface area contributed by atoms with Gasteiger partial charge in [-0.2, -0.15) is 0 Å². The van der Waals surface area contributed by atoms with Crippen LogP contribution in [0.15, 0.2) is 41.8 Å². The molecule has 1 N–H and O–H groups in total. The first kappa shape index (κ1) is 22.6. The van der Waals surface area contributed by atoms with Gasteiger partial charge < -0.3 is 19.5 Å². The summed E-state index contributed by atoms with van der Waals surface area (Å²) in [6.45, 7) is 1.84. The van der Waals surface area contributed by atoms with E-state index in [1.54, 1.807) is 36.6 Å². The maximum absolute atomic E-state index is 12.8. The van der Waals surface area contributed by atoms with Crippen molar-refractivity contribution in [3.05, 3.63) is 46.8 Å². The molecular formula is C24H25N3O5S. The van der Waals surface area contributed by atoms with Crippen LogP contribution in [0.3, 0.4) is 0 Å². The molecule has 0 atom stereocenters. The van der Waals surface area contributed by atoms with Crippen molar-refractivity contribution in [1.82, 2.24) is 4.98 Å². The van der Waals surface area contributed by atoms with Gasteiger partial charge in [0.05, 0.1) is 36.3 Å². The van der Waals surface area contributed by atoms with E-state index in [1.165, 1.54) is 12.0 Å². The lowest BCUT2D eigenvalue weighted by molar-refractivity contribution is -0.123. The monoisotopic (exact) mass is 467 g/mol. The van der Waals surface area contributed by atoms with Crippen LogP contribution in [0.5, 0.6) is 17.2 Å². The zero-order valence-corrected chi connectivity index (χ0v) is 19.5. The van der Waals surface area contributed by atoms with Gasteiger partial charge in [0.1, 0.15) is 23.8 Å². The van der Waals surface area contributed by atoms with Crippen LogP contribution in [0.2, 0.25) is 0 Å². The van der Waals surface area contributed by atoms with Gasteiger partial charge in [0.25, 0.3) is 5.91 Å². The third kappa shape index (κ3) is 4.93. The highest BCUT2D eigenvalue weighted by molar-refractivity contribution is 7.09. The number of carbonyl (C=O) groups is 2. The molecule has 0 saturated heterocycles. The first-order chi connectivity index (χ1) is 16.0. The van der Waals surface area contributed by atoms with E-state index in [4.69, 9.17) is 14.2 Å². The number of aromatic nitrogens is 1. The maximum atomic E-state index is 12.8. The molecule has 0 radical (unpaired) electrons. The fourth-order valence-corrected chi connectivity index (χ4v) is 4.45. The molecule has 8 nitrogen and oxygen atoms in total. The minimum absolute atomic E-state index is 0.122. The second kappa shape index (κ2) is 9.91. The Hall–Kier alpha value is -3.59. The van der Waals surface area contributed by atoms with Crippen molar-refractivity contribution in [1.29, 1.82) is 0 Å². The summed E-state index contributed by atoms with van der Waals surface area (Å²) in [5.74, 6) is 0.978. The van der Waals surface area contributed by atoms with Gasteiger partial charge in [-0.1, -0.05) is 6.92 Å². The highest BCUT2D eigenvalue weighted by atomic mass is 32.1. The zero-order valence-electron chi connectivity index (χ0n) is 18.7. The molecule has 9 heteroatoms. The molecule has 1 aromatic heterocycles. The van der Waals surface area contributed by atoms with E-state index in [1.807, 2.05) is 23.6 Å². The molecule has 33 heavy (non-hydrogen) atoms.